The van der Waals surface area contributed by atoms with Crippen molar-refractivity contribution >= 4 is 12.1 Å². The van der Waals surface area contributed by atoms with Crippen molar-refractivity contribution < 1.29 is 14.3 Å². The molecule has 0 unspecified atom stereocenters. The molecule has 1 aromatic carbocycles. The summed E-state index contributed by atoms with van der Waals surface area (Å²) in [4.78, 5) is 39.5. The maximum atomic E-state index is 12.0. The Morgan fingerprint density at radius 3 is 2.74 bits per heavy atom. The molecule has 1 amide bonds. The molecule has 27 heavy (non-hydrogen) atoms. The van der Waals surface area contributed by atoms with E-state index >= 15 is 0 Å². The minimum Gasteiger partial charge on any atom is -0.493 e. The van der Waals surface area contributed by atoms with Gasteiger partial charge in [0.05, 0.1) is 19.9 Å². The summed E-state index contributed by atoms with van der Waals surface area (Å²) in [5, 5.41) is 3.93. The number of para-hydroxylation sites is 1. The minimum absolute atomic E-state index is 0.0454. The molecule has 0 saturated heterocycles. The van der Waals surface area contributed by atoms with E-state index in [9.17, 15) is 14.4 Å². The fraction of sp³-hybridized carbons (Fsp3) is 0.333. The number of amides is 1. The lowest BCUT2D eigenvalue weighted by Crippen LogP contribution is -2.28. The summed E-state index contributed by atoms with van der Waals surface area (Å²) < 4.78 is 10.8. The number of benzene rings is 1. The van der Waals surface area contributed by atoms with Gasteiger partial charge in [-0.15, -0.1) is 0 Å². The number of aromatic nitrogens is 2. The number of nitrogens with one attached hydrogen (secondary N) is 3. The average molecular weight is 374 g/mol. The van der Waals surface area contributed by atoms with E-state index in [-0.39, 0.29) is 18.7 Å². The molecule has 0 aliphatic rings. The van der Waals surface area contributed by atoms with Crippen molar-refractivity contribution in [2.45, 2.75) is 26.7 Å². The maximum absolute atomic E-state index is 12.0. The normalized spacial score (nSPS) is 10.8. The molecule has 144 valence electrons. The molecular weight excluding hydrogens is 352 g/mol. The van der Waals surface area contributed by atoms with E-state index in [0.29, 0.717) is 34.9 Å². The van der Waals surface area contributed by atoms with Gasteiger partial charge in [-0.1, -0.05) is 6.07 Å². The number of aromatic amines is 2. The first-order valence-electron chi connectivity index (χ1n) is 8.40. The molecule has 9 nitrogen and oxygen atoms in total. The molecule has 1 aromatic heterocycles. The molecule has 0 fully saturated rings. The average Bonchev–Trinajstić information content (AvgIpc) is 2.62. The second kappa shape index (κ2) is 9.37. The molecule has 0 radical (unpaired) electrons. The van der Waals surface area contributed by atoms with E-state index in [2.05, 4.69) is 20.5 Å². The second-order valence-electron chi connectivity index (χ2n) is 5.62. The molecule has 9 heteroatoms. The van der Waals surface area contributed by atoms with Crippen LogP contribution in [0.5, 0.6) is 11.5 Å². The lowest BCUT2D eigenvalue weighted by atomic mass is 10.1. The topological polar surface area (TPSA) is 126 Å². The number of carbonyl (C=O) groups is 1. The number of methoxy groups -OCH3 is 1. The van der Waals surface area contributed by atoms with Gasteiger partial charge in [-0.25, -0.2) is 10.2 Å². The molecular formula is C18H22N4O5. The van der Waals surface area contributed by atoms with Crippen LogP contribution in [-0.2, 0) is 11.2 Å². The summed E-state index contributed by atoms with van der Waals surface area (Å²) in [6, 6.07) is 5.34. The first-order chi connectivity index (χ1) is 13.0. The number of hydrogen-bond acceptors (Lipinski definition) is 6. The van der Waals surface area contributed by atoms with Crippen molar-refractivity contribution in [3.05, 3.63) is 55.9 Å². The van der Waals surface area contributed by atoms with Gasteiger partial charge in [0.25, 0.3) is 5.56 Å². The lowest BCUT2D eigenvalue weighted by molar-refractivity contribution is -0.121. The van der Waals surface area contributed by atoms with Gasteiger partial charge in [0.15, 0.2) is 11.5 Å². The lowest BCUT2D eigenvalue weighted by Gasteiger charge is -2.11. The van der Waals surface area contributed by atoms with Crippen molar-refractivity contribution in [2.75, 3.05) is 13.7 Å². The molecule has 2 rings (SSSR count). The van der Waals surface area contributed by atoms with Crippen LogP contribution in [0.2, 0.25) is 0 Å². The summed E-state index contributed by atoms with van der Waals surface area (Å²) in [7, 11) is 1.54. The van der Waals surface area contributed by atoms with Crippen LogP contribution < -0.4 is 26.1 Å². The van der Waals surface area contributed by atoms with Crippen molar-refractivity contribution in [2.24, 2.45) is 5.10 Å². The van der Waals surface area contributed by atoms with Gasteiger partial charge >= 0.3 is 5.69 Å². The summed E-state index contributed by atoms with van der Waals surface area (Å²) in [6.45, 7) is 3.93. The van der Waals surface area contributed by atoms with Gasteiger partial charge in [-0.2, -0.15) is 5.10 Å². The van der Waals surface area contributed by atoms with Gasteiger partial charge in [0.2, 0.25) is 5.91 Å². The number of hydrogen-bond donors (Lipinski definition) is 3. The van der Waals surface area contributed by atoms with Crippen LogP contribution in [0.4, 0.5) is 0 Å². The molecule has 0 aliphatic heterocycles. The fourth-order valence-electron chi connectivity index (χ4n) is 2.49. The molecule has 0 bridgehead atoms. The Hall–Kier alpha value is -3.36. The highest BCUT2D eigenvalue weighted by atomic mass is 16.5. The Morgan fingerprint density at radius 1 is 1.30 bits per heavy atom. The Bertz CT molecular complexity index is 945. The zero-order valence-corrected chi connectivity index (χ0v) is 15.4. The van der Waals surface area contributed by atoms with Gasteiger partial charge in [0.1, 0.15) is 0 Å². The zero-order chi connectivity index (χ0) is 19.8. The van der Waals surface area contributed by atoms with E-state index in [4.69, 9.17) is 9.47 Å². The SMILES string of the molecule is CCOc1c(/C=N/NC(=O)CCc2c(C)[nH]c(=O)[nH]c2=O)cccc1OC. The summed E-state index contributed by atoms with van der Waals surface area (Å²) in [5.41, 5.74) is 2.80. The third kappa shape index (κ3) is 5.30. The predicted molar refractivity (Wildman–Crippen MR) is 101 cm³/mol. The monoisotopic (exact) mass is 374 g/mol. The highest BCUT2D eigenvalue weighted by molar-refractivity contribution is 5.86. The van der Waals surface area contributed by atoms with Crippen LogP contribution in [0.3, 0.4) is 0 Å². The number of aryl methyl sites for hydroxylation is 1. The number of nitrogens with zero attached hydrogens (tertiary/aromatic N) is 1. The number of rotatable bonds is 8. The molecule has 0 atom stereocenters. The number of ether oxygens (including phenoxy) is 2. The van der Waals surface area contributed by atoms with Crippen molar-refractivity contribution in [3.8, 4) is 11.5 Å². The Morgan fingerprint density at radius 2 is 2.07 bits per heavy atom. The molecule has 1 heterocycles. The van der Waals surface area contributed by atoms with Crippen LogP contribution in [0.25, 0.3) is 0 Å². The van der Waals surface area contributed by atoms with Crippen LogP contribution >= 0.6 is 0 Å². The smallest absolute Gasteiger partial charge is 0.325 e. The van der Waals surface area contributed by atoms with Crippen LogP contribution in [0.15, 0.2) is 32.9 Å². The molecule has 0 saturated carbocycles. The van der Waals surface area contributed by atoms with Crippen LogP contribution in [-0.4, -0.2) is 35.8 Å². The van der Waals surface area contributed by atoms with Gasteiger partial charge in [-0.3, -0.25) is 14.6 Å². The number of hydrazone groups is 1. The largest absolute Gasteiger partial charge is 0.493 e. The first-order valence-corrected chi connectivity index (χ1v) is 8.40. The molecule has 2 aromatic rings. The Labute approximate surface area is 155 Å². The third-order valence-corrected chi connectivity index (χ3v) is 3.77. The fourth-order valence-corrected chi connectivity index (χ4v) is 2.49. The summed E-state index contributed by atoms with van der Waals surface area (Å²) in [5.74, 6) is 0.743. The van der Waals surface area contributed by atoms with Crippen molar-refractivity contribution in [1.82, 2.24) is 15.4 Å². The predicted octanol–water partition coefficient (Wildman–Crippen LogP) is 0.862. The highest BCUT2D eigenvalue weighted by Crippen LogP contribution is 2.29. The molecule has 0 spiro atoms. The first kappa shape index (κ1) is 20.0. The number of H-pyrrole nitrogens is 2. The van der Waals surface area contributed by atoms with Crippen LogP contribution in [0, 0.1) is 6.92 Å². The van der Waals surface area contributed by atoms with E-state index < -0.39 is 11.2 Å². The van der Waals surface area contributed by atoms with Crippen LogP contribution in [0.1, 0.15) is 30.2 Å². The quantitative estimate of drug-likeness (QED) is 0.467. The van der Waals surface area contributed by atoms with Gasteiger partial charge < -0.3 is 14.5 Å². The molecule has 3 N–H and O–H groups in total. The van der Waals surface area contributed by atoms with E-state index in [1.54, 1.807) is 32.2 Å². The maximum Gasteiger partial charge on any atom is 0.325 e. The zero-order valence-electron chi connectivity index (χ0n) is 15.4. The van der Waals surface area contributed by atoms with Crippen molar-refractivity contribution in [1.29, 1.82) is 0 Å². The second-order valence-corrected chi connectivity index (χ2v) is 5.62. The van der Waals surface area contributed by atoms with Gasteiger partial charge in [0, 0.05) is 23.2 Å². The summed E-state index contributed by atoms with van der Waals surface area (Å²) >= 11 is 0. The molecule has 0 aliphatic carbocycles. The van der Waals surface area contributed by atoms with Crippen molar-refractivity contribution in [3.63, 3.8) is 0 Å². The highest BCUT2D eigenvalue weighted by Gasteiger charge is 2.10. The standard InChI is InChI=1S/C18H22N4O5/c1-4-27-16-12(6-5-7-14(16)26-3)10-19-22-15(23)9-8-13-11(2)20-18(25)21-17(13)24/h5-7,10H,4,8-9H2,1-3H3,(H,22,23)(H2,20,21,24,25)/b19-10+. The minimum atomic E-state index is -0.571. The third-order valence-electron chi connectivity index (χ3n) is 3.77. The van der Waals surface area contributed by atoms with E-state index in [1.165, 1.54) is 6.21 Å². The van der Waals surface area contributed by atoms with Gasteiger partial charge in [-0.05, 0) is 32.4 Å². The number of carbonyl (C=O) groups excluding carboxylic acids is 1. The Kier molecular flexibility index (Phi) is 6.93. The van der Waals surface area contributed by atoms with E-state index in [0.717, 1.165) is 0 Å². The Balaban J connectivity index is 2.00. The van der Waals surface area contributed by atoms with E-state index in [1.807, 2.05) is 6.92 Å². The summed E-state index contributed by atoms with van der Waals surface area (Å²) in [6.07, 6.45) is 1.69.